The third-order valence-electron chi connectivity index (χ3n) is 4.80. The minimum absolute atomic E-state index is 0.220. The Bertz CT molecular complexity index is 1160. The highest BCUT2D eigenvalue weighted by atomic mass is 16.5. The molecule has 0 saturated carbocycles. The molecule has 0 bridgehead atoms. The fourth-order valence-corrected chi connectivity index (χ4v) is 3.41. The number of aryl methyl sites for hydroxylation is 2. The van der Waals surface area contributed by atoms with Gasteiger partial charge in [0, 0.05) is 26.1 Å². The first kappa shape index (κ1) is 17.1. The summed E-state index contributed by atoms with van der Waals surface area (Å²) in [7, 11) is 3.20. The van der Waals surface area contributed by atoms with Gasteiger partial charge in [-0.25, -0.2) is 14.3 Å². The Kier molecular flexibility index (Phi) is 4.06. The summed E-state index contributed by atoms with van der Waals surface area (Å²) in [6, 6.07) is 7.28. The number of aromatic nitrogens is 4. The molecule has 0 saturated heterocycles. The normalized spacial score (nSPS) is 16.0. The largest absolute Gasteiger partial charge is 0.493 e. The molecule has 0 fully saturated rings. The van der Waals surface area contributed by atoms with Crippen LogP contribution in [0.2, 0.25) is 0 Å². The number of carbonyl (C=O) groups is 1. The summed E-state index contributed by atoms with van der Waals surface area (Å²) < 4.78 is 9.34. The Morgan fingerprint density at radius 2 is 2.07 bits per heavy atom. The van der Waals surface area contributed by atoms with E-state index in [2.05, 4.69) is 10.3 Å². The first-order valence-corrected chi connectivity index (χ1v) is 8.59. The molecule has 0 spiro atoms. The van der Waals surface area contributed by atoms with Gasteiger partial charge < -0.3 is 14.6 Å². The van der Waals surface area contributed by atoms with Crippen molar-refractivity contribution in [1.29, 1.82) is 0 Å². The Hall–Kier alpha value is -3.36. The lowest BCUT2D eigenvalue weighted by Crippen LogP contribution is -2.44. The topological polar surface area (TPSA) is 100 Å². The fraction of sp³-hybridized carbons (Fsp3) is 0.333. The lowest BCUT2D eigenvalue weighted by atomic mass is 10.0. The molecule has 3 aromatic rings. The van der Waals surface area contributed by atoms with E-state index >= 15 is 0 Å². The third kappa shape index (κ3) is 2.80. The second-order valence-corrected chi connectivity index (χ2v) is 6.56. The number of nitrogens with zero attached hydrogens (tertiary/aromatic N) is 4. The molecular weight excluding hydrogens is 350 g/mol. The molecule has 3 heterocycles. The van der Waals surface area contributed by atoms with E-state index in [9.17, 15) is 14.4 Å². The van der Waals surface area contributed by atoms with E-state index in [-0.39, 0.29) is 18.1 Å². The molecule has 4 rings (SSSR count). The van der Waals surface area contributed by atoms with Crippen LogP contribution in [0.3, 0.4) is 0 Å². The van der Waals surface area contributed by atoms with Crippen LogP contribution in [0.15, 0.2) is 40.2 Å². The zero-order chi connectivity index (χ0) is 19.1. The molecule has 1 aromatic carbocycles. The lowest BCUT2D eigenvalue weighted by molar-refractivity contribution is -0.122. The van der Waals surface area contributed by atoms with Gasteiger partial charge in [-0.1, -0.05) is 18.2 Å². The molecule has 1 atom stereocenters. The second-order valence-electron chi connectivity index (χ2n) is 6.56. The van der Waals surface area contributed by atoms with Crippen molar-refractivity contribution in [2.45, 2.75) is 19.0 Å². The maximum atomic E-state index is 12.7. The van der Waals surface area contributed by atoms with Gasteiger partial charge in [-0.05, 0) is 6.07 Å². The highest BCUT2D eigenvalue weighted by Gasteiger charge is 2.24. The molecular formula is C18H19N5O4. The SMILES string of the molecule is Cn1cnc2c1c(=O)n(CC(=O)NC1CCOc3ccccc31)c(=O)n2C. The van der Waals surface area contributed by atoms with Crippen LogP contribution in [0.5, 0.6) is 5.75 Å². The van der Waals surface area contributed by atoms with E-state index < -0.39 is 17.2 Å². The van der Waals surface area contributed by atoms with E-state index in [1.165, 1.54) is 17.9 Å². The van der Waals surface area contributed by atoms with Crippen LogP contribution in [-0.4, -0.2) is 31.2 Å². The molecule has 0 aliphatic carbocycles. The molecule has 1 N–H and O–H groups in total. The Morgan fingerprint density at radius 3 is 2.89 bits per heavy atom. The molecule has 1 aliphatic heterocycles. The van der Waals surface area contributed by atoms with Crippen molar-refractivity contribution in [1.82, 2.24) is 24.0 Å². The monoisotopic (exact) mass is 369 g/mol. The maximum Gasteiger partial charge on any atom is 0.332 e. The zero-order valence-electron chi connectivity index (χ0n) is 15.0. The van der Waals surface area contributed by atoms with Crippen molar-refractivity contribution in [3.8, 4) is 5.75 Å². The van der Waals surface area contributed by atoms with Crippen molar-refractivity contribution in [2.24, 2.45) is 14.1 Å². The first-order valence-electron chi connectivity index (χ1n) is 8.59. The van der Waals surface area contributed by atoms with Crippen LogP contribution in [0.1, 0.15) is 18.0 Å². The smallest absolute Gasteiger partial charge is 0.332 e. The number of ether oxygens (including phenoxy) is 1. The van der Waals surface area contributed by atoms with Crippen LogP contribution in [0.25, 0.3) is 11.2 Å². The Balaban J connectivity index is 1.64. The number of hydrogen-bond acceptors (Lipinski definition) is 5. The number of rotatable bonds is 3. The van der Waals surface area contributed by atoms with Crippen molar-refractivity contribution in [3.05, 3.63) is 57.0 Å². The summed E-state index contributed by atoms with van der Waals surface area (Å²) >= 11 is 0. The standard InChI is InChI=1S/C18H19N5O4/c1-21-10-19-16-15(21)17(25)23(18(26)22(16)2)9-14(24)20-12-7-8-27-13-6-4-3-5-11(12)13/h3-6,10,12H,7-9H2,1-2H3,(H,20,24). The van der Waals surface area contributed by atoms with E-state index in [1.54, 1.807) is 11.6 Å². The molecule has 1 unspecified atom stereocenters. The summed E-state index contributed by atoms with van der Waals surface area (Å²) in [5.74, 6) is 0.329. The molecule has 9 heteroatoms. The molecule has 1 amide bonds. The number of para-hydroxylation sites is 1. The summed E-state index contributed by atoms with van der Waals surface area (Å²) in [6.07, 6.45) is 2.09. The van der Waals surface area contributed by atoms with Gasteiger partial charge in [-0.15, -0.1) is 0 Å². The highest BCUT2D eigenvalue weighted by Crippen LogP contribution is 2.31. The number of nitrogens with one attached hydrogen (secondary N) is 1. The minimum atomic E-state index is -0.575. The average molecular weight is 369 g/mol. The number of imidazole rings is 1. The molecule has 9 nitrogen and oxygen atoms in total. The van der Waals surface area contributed by atoms with Gasteiger partial charge in [0.25, 0.3) is 5.56 Å². The van der Waals surface area contributed by atoms with E-state index in [4.69, 9.17) is 4.74 Å². The first-order chi connectivity index (χ1) is 13.0. The number of amides is 1. The number of fused-ring (bicyclic) bond motifs is 2. The van der Waals surface area contributed by atoms with E-state index in [0.717, 1.165) is 15.9 Å². The van der Waals surface area contributed by atoms with Crippen LogP contribution < -0.4 is 21.3 Å². The van der Waals surface area contributed by atoms with Gasteiger partial charge in [0.1, 0.15) is 12.3 Å². The Morgan fingerprint density at radius 1 is 1.30 bits per heavy atom. The second kappa shape index (κ2) is 6.42. The lowest BCUT2D eigenvalue weighted by Gasteiger charge is -2.26. The molecule has 140 valence electrons. The van der Waals surface area contributed by atoms with Crippen LogP contribution in [0, 0.1) is 0 Å². The number of hydrogen-bond donors (Lipinski definition) is 1. The summed E-state index contributed by atoms with van der Waals surface area (Å²) in [4.78, 5) is 41.9. The van der Waals surface area contributed by atoms with E-state index in [1.807, 2.05) is 24.3 Å². The van der Waals surface area contributed by atoms with Crippen molar-refractivity contribution in [3.63, 3.8) is 0 Å². The zero-order valence-corrected chi connectivity index (χ0v) is 15.0. The maximum absolute atomic E-state index is 12.7. The summed E-state index contributed by atoms with van der Waals surface area (Å²) in [6.45, 7) is 0.136. The minimum Gasteiger partial charge on any atom is -0.493 e. The number of carbonyl (C=O) groups excluding carboxylic acids is 1. The fourth-order valence-electron chi connectivity index (χ4n) is 3.41. The third-order valence-corrected chi connectivity index (χ3v) is 4.80. The molecule has 1 aliphatic rings. The number of benzene rings is 1. The summed E-state index contributed by atoms with van der Waals surface area (Å²) in [5, 5.41) is 2.90. The van der Waals surface area contributed by atoms with Gasteiger partial charge >= 0.3 is 5.69 Å². The van der Waals surface area contributed by atoms with Crippen LogP contribution in [0.4, 0.5) is 0 Å². The highest BCUT2D eigenvalue weighted by molar-refractivity contribution is 5.77. The molecule has 0 radical (unpaired) electrons. The predicted molar refractivity (Wildman–Crippen MR) is 97.7 cm³/mol. The van der Waals surface area contributed by atoms with Crippen molar-refractivity contribution in [2.75, 3.05) is 6.61 Å². The molecule has 27 heavy (non-hydrogen) atoms. The summed E-state index contributed by atoms with van der Waals surface area (Å²) in [5.41, 5.74) is 0.354. The van der Waals surface area contributed by atoms with Crippen molar-refractivity contribution >= 4 is 17.1 Å². The van der Waals surface area contributed by atoms with Crippen LogP contribution >= 0.6 is 0 Å². The average Bonchev–Trinajstić information content (AvgIpc) is 3.05. The van der Waals surface area contributed by atoms with Gasteiger partial charge in [0.15, 0.2) is 11.2 Å². The van der Waals surface area contributed by atoms with Crippen molar-refractivity contribution < 1.29 is 9.53 Å². The van der Waals surface area contributed by atoms with Crippen LogP contribution in [-0.2, 0) is 25.4 Å². The van der Waals surface area contributed by atoms with E-state index in [0.29, 0.717) is 18.7 Å². The van der Waals surface area contributed by atoms with Gasteiger partial charge in [0.05, 0.1) is 19.0 Å². The van der Waals surface area contributed by atoms with Gasteiger partial charge in [0.2, 0.25) is 5.91 Å². The predicted octanol–water partition coefficient (Wildman–Crippen LogP) is 0.0737. The quantitative estimate of drug-likeness (QED) is 0.704. The molecule has 2 aromatic heterocycles. The Labute approximate surface area is 153 Å². The van der Waals surface area contributed by atoms with Gasteiger partial charge in [-0.3, -0.25) is 14.2 Å². The van der Waals surface area contributed by atoms with Gasteiger partial charge in [-0.2, -0.15) is 0 Å².